The number of hydrogen-bond acceptors (Lipinski definition) is 6. The highest BCUT2D eigenvalue weighted by atomic mass is 79.9. The molecule has 3 unspecified atom stereocenters. The zero-order valence-electron chi connectivity index (χ0n) is 20.0. The van der Waals surface area contributed by atoms with Gasteiger partial charge >= 0.3 is 6.03 Å². The van der Waals surface area contributed by atoms with Crippen molar-refractivity contribution in [2.24, 2.45) is 0 Å². The Kier molecular flexibility index (Phi) is 7.24. The van der Waals surface area contributed by atoms with E-state index < -0.39 is 40.0 Å². The molecule has 4 rings (SSSR count). The van der Waals surface area contributed by atoms with E-state index in [0.29, 0.717) is 11.3 Å². The first-order valence-electron chi connectivity index (χ1n) is 11.4. The SMILES string of the molecule is CC1CN(S(=O)(=O)c2ccc(NC(=O)CN3C(=O)NC(C)(c4ccc(Br)cc4)C3=O)cc2)CC(C)O1. The van der Waals surface area contributed by atoms with Gasteiger partial charge in [0.2, 0.25) is 15.9 Å². The highest BCUT2D eigenvalue weighted by molar-refractivity contribution is 9.10. The monoisotopic (exact) mass is 578 g/mol. The number of nitrogens with zero attached hydrogens (tertiary/aromatic N) is 2. The first kappa shape index (κ1) is 26.3. The molecule has 2 aliphatic heterocycles. The summed E-state index contributed by atoms with van der Waals surface area (Å²) in [5.41, 5.74) is -0.360. The van der Waals surface area contributed by atoms with Gasteiger partial charge in [0.25, 0.3) is 5.91 Å². The second kappa shape index (κ2) is 9.92. The average molecular weight is 579 g/mol. The number of sulfonamides is 1. The Labute approximate surface area is 218 Å². The molecule has 2 aromatic rings. The molecule has 0 aliphatic carbocycles. The molecule has 2 aliphatic rings. The van der Waals surface area contributed by atoms with Crippen molar-refractivity contribution in [2.45, 2.75) is 43.4 Å². The lowest BCUT2D eigenvalue weighted by molar-refractivity contribution is -0.133. The number of morpholine rings is 1. The number of urea groups is 1. The molecule has 36 heavy (non-hydrogen) atoms. The van der Waals surface area contributed by atoms with Crippen molar-refractivity contribution in [1.29, 1.82) is 0 Å². The van der Waals surface area contributed by atoms with Crippen LogP contribution in [0.3, 0.4) is 0 Å². The molecular formula is C24H27BrN4O6S. The van der Waals surface area contributed by atoms with Crippen molar-refractivity contribution >= 4 is 49.5 Å². The third-order valence-corrected chi connectivity index (χ3v) is 8.53. The summed E-state index contributed by atoms with van der Waals surface area (Å²) in [5.74, 6) is -1.13. The highest BCUT2D eigenvalue weighted by Crippen LogP contribution is 2.30. The van der Waals surface area contributed by atoms with Crippen molar-refractivity contribution in [2.75, 3.05) is 25.0 Å². The maximum atomic E-state index is 13.0. The fourth-order valence-corrected chi connectivity index (χ4v) is 6.20. The standard InChI is InChI=1S/C24H27BrN4O6S/c1-15-12-28(13-16(2)35-15)36(33,34)20-10-8-19(9-11-20)26-21(30)14-29-22(31)24(3,27-23(29)32)17-4-6-18(25)7-5-17/h4-11,15-16H,12-14H2,1-3H3,(H,26,30)(H,27,32). The predicted octanol–water partition coefficient (Wildman–Crippen LogP) is 2.65. The molecule has 0 radical (unpaired) electrons. The number of carbonyl (C=O) groups is 3. The van der Waals surface area contributed by atoms with Gasteiger partial charge < -0.3 is 15.4 Å². The second-order valence-corrected chi connectivity index (χ2v) is 12.0. The highest BCUT2D eigenvalue weighted by Gasteiger charge is 2.49. The third-order valence-electron chi connectivity index (χ3n) is 6.16. The topological polar surface area (TPSA) is 125 Å². The molecule has 2 heterocycles. The zero-order valence-corrected chi connectivity index (χ0v) is 22.4. The molecule has 2 aromatic carbocycles. The van der Waals surface area contributed by atoms with Gasteiger partial charge in [0, 0.05) is 23.2 Å². The molecule has 12 heteroatoms. The number of nitrogens with one attached hydrogen (secondary N) is 2. The molecule has 2 saturated heterocycles. The van der Waals surface area contributed by atoms with E-state index >= 15 is 0 Å². The van der Waals surface area contributed by atoms with Crippen LogP contribution < -0.4 is 10.6 Å². The van der Waals surface area contributed by atoms with Crippen molar-refractivity contribution in [1.82, 2.24) is 14.5 Å². The van der Waals surface area contributed by atoms with Crippen LogP contribution in [-0.2, 0) is 29.9 Å². The number of anilines is 1. The number of imide groups is 1. The van der Waals surface area contributed by atoms with Crippen LogP contribution in [0.15, 0.2) is 57.9 Å². The molecular weight excluding hydrogens is 552 g/mol. The predicted molar refractivity (Wildman–Crippen MR) is 136 cm³/mol. The molecule has 2 fully saturated rings. The Morgan fingerprint density at radius 1 is 1.08 bits per heavy atom. The van der Waals surface area contributed by atoms with Gasteiger partial charge in [0.15, 0.2) is 0 Å². The summed E-state index contributed by atoms with van der Waals surface area (Å²) in [5, 5.41) is 5.27. The Hall–Kier alpha value is -2.80. The lowest BCUT2D eigenvalue weighted by Gasteiger charge is -2.34. The maximum Gasteiger partial charge on any atom is 0.325 e. The van der Waals surface area contributed by atoms with E-state index in [4.69, 9.17) is 4.74 Å². The van der Waals surface area contributed by atoms with Gasteiger partial charge in [-0.2, -0.15) is 4.31 Å². The fraction of sp³-hybridized carbons (Fsp3) is 0.375. The largest absolute Gasteiger partial charge is 0.373 e. The van der Waals surface area contributed by atoms with Gasteiger partial charge in [-0.1, -0.05) is 28.1 Å². The van der Waals surface area contributed by atoms with Crippen LogP contribution in [0.25, 0.3) is 0 Å². The van der Waals surface area contributed by atoms with Crippen LogP contribution in [0.4, 0.5) is 10.5 Å². The molecule has 2 N–H and O–H groups in total. The Balaban J connectivity index is 1.41. The number of benzene rings is 2. The van der Waals surface area contributed by atoms with Crippen LogP contribution in [-0.4, -0.2) is 67.3 Å². The van der Waals surface area contributed by atoms with E-state index in [9.17, 15) is 22.8 Å². The number of carbonyl (C=O) groups excluding carboxylic acids is 3. The van der Waals surface area contributed by atoms with Crippen molar-refractivity contribution in [3.05, 3.63) is 58.6 Å². The molecule has 4 amide bonds. The summed E-state index contributed by atoms with van der Waals surface area (Å²) in [6.45, 7) is 5.27. The lowest BCUT2D eigenvalue weighted by Crippen LogP contribution is -2.48. The number of ether oxygens (including phenoxy) is 1. The zero-order chi connectivity index (χ0) is 26.3. The van der Waals surface area contributed by atoms with E-state index in [2.05, 4.69) is 26.6 Å². The Bertz CT molecular complexity index is 1270. The first-order chi connectivity index (χ1) is 16.9. The Morgan fingerprint density at radius 2 is 1.67 bits per heavy atom. The van der Waals surface area contributed by atoms with Gasteiger partial charge in [-0.3, -0.25) is 14.5 Å². The molecule has 0 spiro atoms. The second-order valence-electron chi connectivity index (χ2n) is 9.11. The number of halogens is 1. The van der Waals surface area contributed by atoms with Gasteiger partial charge in [-0.15, -0.1) is 0 Å². The minimum absolute atomic E-state index is 0.0983. The van der Waals surface area contributed by atoms with Crippen LogP contribution in [0, 0.1) is 0 Å². The fourth-order valence-electron chi connectivity index (χ4n) is 4.35. The number of rotatable bonds is 6. The number of hydrogen-bond donors (Lipinski definition) is 2. The summed E-state index contributed by atoms with van der Waals surface area (Å²) < 4.78 is 33.8. The van der Waals surface area contributed by atoms with Crippen LogP contribution in [0.1, 0.15) is 26.3 Å². The van der Waals surface area contributed by atoms with Gasteiger partial charge in [0.05, 0.1) is 17.1 Å². The lowest BCUT2D eigenvalue weighted by atomic mass is 9.92. The van der Waals surface area contributed by atoms with Crippen LogP contribution in [0.2, 0.25) is 0 Å². The third kappa shape index (κ3) is 5.17. The van der Waals surface area contributed by atoms with Crippen LogP contribution in [0.5, 0.6) is 0 Å². The molecule has 10 nitrogen and oxygen atoms in total. The van der Waals surface area contributed by atoms with E-state index in [0.717, 1.165) is 9.37 Å². The molecule has 0 aromatic heterocycles. The molecule has 0 bridgehead atoms. The van der Waals surface area contributed by atoms with Crippen molar-refractivity contribution < 1.29 is 27.5 Å². The van der Waals surface area contributed by atoms with E-state index in [-0.39, 0.29) is 30.2 Å². The van der Waals surface area contributed by atoms with Gasteiger partial charge in [-0.25, -0.2) is 13.2 Å². The van der Waals surface area contributed by atoms with Crippen molar-refractivity contribution in [3.63, 3.8) is 0 Å². The van der Waals surface area contributed by atoms with E-state index in [1.807, 2.05) is 13.8 Å². The maximum absolute atomic E-state index is 13.0. The first-order valence-corrected chi connectivity index (χ1v) is 13.6. The van der Waals surface area contributed by atoms with Crippen LogP contribution >= 0.6 is 15.9 Å². The molecule has 0 saturated carbocycles. The van der Waals surface area contributed by atoms with Crippen molar-refractivity contribution in [3.8, 4) is 0 Å². The average Bonchev–Trinajstić information content (AvgIpc) is 3.03. The molecule has 192 valence electrons. The number of amides is 4. The Morgan fingerprint density at radius 3 is 2.25 bits per heavy atom. The minimum atomic E-state index is -3.72. The van der Waals surface area contributed by atoms with Gasteiger partial charge in [-0.05, 0) is 62.7 Å². The van der Waals surface area contributed by atoms with E-state index in [1.165, 1.54) is 28.6 Å². The summed E-state index contributed by atoms with van der Waals surface area (Å²) in [4.78, 5) is 39.1. The minimum Gasteiger partial charge on any atom is -0.373 e. The normalized spacial score (nSPS) is 25.1. The smallest absolute Gasteiger partial charge is 0.325 e. The summed E-state index contributed by atoms with van der Waals surface area (Å²) in [7, 11) is -3.72. The van der Waals surface area contributed by atoms with Gasteiger partial charge in [0.1, 0.15) is 12.1 Å². The molecule has 3 atom stereocenters. The summed E-state index contributed by atoms with van der Waals surface area (Å²) in [6, 6.07) is 12.1. The summed E-state index contributed by atoms with van der Waals surface area (Å²) in [6.07, 6.45) is -0.420. The van der Waals surface area contributed by atoms with E-state index in [1.54, 1.807) is 31.2 Å². The summed E-state index contributed by atoms with van der Waals surface area (Å²) >= 11 is 3.34. The quantitative estimate of drug-likeness (QED) is 0.508.